The van der Waals surface area contributed by atoms with Gasteiger partial charge in [0.1, 0.15) is 12.6 Å². The SMILES string of the molecule is CC[C@@]1(O)C(=O)OCC2=C1CC1c3nc4ccc(NC(=O)[C@H](C)NC(=O)[C@@H](N)C(C)C)c5c4c(c3CN1C2=O)CCC5. The highest BCUT2D eigenvalue weighted by molar-refractivity contribution is 6.03. The number of benzene rings is 1. The van der Waals surface area contributed by atoms with Crippen molar-refractivity contribution in [2.24, 2.45) is 11.7 Å². The Balaban J connectivity index is 1.33. The van der Waals surface area contributed by atoms with E-state index in [1.165, 1.54) is 0 Å². The molecule has 0 bridgehead atoms. The second-order valence-corrected chi connectivity index (χ2v) is 12.2. The lowest BCUT2D eigenvalue weighted by Crippen LogP contribution is -2.51. The molecule has 0 fully saturated rings. The van der Waals surface area contributed by atoms with Crippen LogP contribution in [0.25, 0.3) is 10.9 Å². The molecule has 42 heavy (non-hydrogen) atoms. The number of rotatable bonds is 6. The standard InChI is InChI=1S/C31H37N5O6/c1-5-31(41)20-11-23-26-18(12-36(23)29(39)19(20)13-42-30(31)40)16-7-6-8-17-21(9-10-22(34-26)24(16)17)35-27(37)15(4)33-28(38)25(32)14(2)3/h9-10,14-15,23,25,41H,5-8,11-13,32H2,1-4H3,(H,33,38)(H,35,37)/t15-,23?,25-,31-/m0/s1. The summed E-state index contributed by atoms with van der Waals surface area (Å²) < 4.78 is 5.21. The van der Waals surface area contributed by atoms with Crippen molar-refractivity contribution in [3.63, 3.8) is 0 Å². The number of anilines is 1. The summed E-state index contributed by atoms with van der Waals surface area (Å²) in [5.74, 6) is -1.70. The molecule has 11 heteroatoms. The van der Waals surface area contributed by atoms with E-state index >= 15 is 0 Å². The third kappa shape index (κ3) is 4.20. The minimum Gasteiger partial charge on any atom is -0.458 e. The van der Waals surface area contributed by atoms with Gasteiger partial charge in [-0.15, -0.1) is 0 Å². The van der Waals surface area contributed by atoms with Gasteiger partial charge in [-0.1, -0.05) is 20.8 Å². The van der Waals surface area contributed by atoms with Crippen molar-refractivity contribution in [1.29, 1.82) is 0 Å². The first-order chi connectivity index (χ1) is 20.0. The van der Waals surface area contributed by atoms with Gasteiger partial charge in [-0.2, -0.15) is 0 Å². The fourth-order valence-electron chi connectivity index (χ4n) is 6.81. The number of fused-ring (bicyclic) bond motifs is 4. The summed E-state index contributed by atoms with van der Waals surface area (Å²) in [5.41, 5.74) is 10.3. The summed E-state index contributed by atoms with van der Waals surface area (Å²) in [6.45, 7) is 7.30. The van der Waals surface area contributed by atoms with Crippen LogP contribution >= 0.6 is 0 Å². The van der Waals surface area contributed by atoms with Crippen LogP contribution in [0.1, 0.15) is 75.4 Å². The highest BCUT2D eigenvalue weighted by atomic mass is 16.6. The first-order valence-corrected chi connectivity index (χ1v) is 14.7. The fourth-order valence-corrected chi connectivity index (χ4v) is 6.81. The molecule has 5 N–H and O–H groups in total. The number of amides is 3. The molecule has 3 amide bonds. The predicted molar refractivity (Wildman–Crippen MR) is 154 cm³/mol. The third-order valence-electron chi connectivity index (χ3n) is 9.39. The Kier molecular flexibility index (Phi) is 6.85. The minimum absolute atomic E-state index is 0.0526. The van der Waals surface area contributed by atoms with Gasteiger partial charge in [0.25, 0.3) is 5.91 Å². The number of aromatic nitrogens is 1. The number of nitrogens with two attached hydrogens (primary N) is 1. The van der Waals surface area contributed by atoms with Gasteiger partial charge in [-0.3, -0.25) is 19.4 Å². The molecule has 11 nitrogen and oxygen atoms in total. The molecule has 4 aliphatic rings. The molecule has 1 aromatic heterocycles. The molecule has 1 aromatic carbocycles. The second kappa shape index (κ2) is 10.2. The summed E-state index contributed by atoms with van der Waals surface area (Å²) in [6, 6.07) is 1.87. The first-order valence-electron chi connectivity index (χ1n) is 14.7. The maximum atomic E-state index is 13.6. The number of ether oxygens (including phenoxy) is 1. The predicted octanol–water partition coefficient (Wildman–Crippen LogP) is 1.93. The number of hydrogen-bond acceptors (Lipinski definition) is 8. The minimum atomic E-state index is -1.81. The Morgan fingerprint density at radius 3 is 2.62 bits per heavy atom. The normalized spacial score (nSPS) is 24.2. The van der Waals surface area contributed by atoms with Crippen LogP contribution in [-0.2, 0) is 43.3 Å². The summed E-state index contributed by atoms with van der Waals surface area (Å²) in [7, 11) is 0. The van der Waals surface area contributed by atoms with Crippen LogP contribution in [0.15, 0.2) is 23.3 Å². The van der Waals surface area contributed by atoms with Crippen LogP contribution in [0, 0.1) is 5.92 Å². The van der Waals surface area contributed by atoms with E-state index in [0.717, 1.165) is 52.5 Å². The maximum Gasteiger partial charge on any atom is 0.342 e. The fraction of sp³-hybridized carbons (Fsp3) is 0.516. The molecule has 1 unspecified atom stereocenters. The monoisotopic (exact) mass is 575 g/mol. The molecule has 0 spiro atoms. The summed E-state index contributed by atoms with van der Waals surface area (Å²) in [4.78, 5) is 58.5. The smallest absolute Gasteiger partial charge is 0.342 e. The van der Waals surface area contributed by atoms with E-state index in [1.54, 1.807) is 18.7 Å². The molecule has 3 aliphatic heterocycles. The van der Waals surface area contributed by atoms with Crippen LogP contribution in [0.3, 0.4) is 0 Å². The Bertz CT molecular complexity index is 1580. The molecule has 0 saturated carbocycles. The second-order valence-electron chi connectivity index (χ2n) is 12.2. The number of hydrogen-bond donors (Lipinski definition) is 4. The molecular formula is C31H37N5O6. The zero-order chi connectivity index (χ0) is 30.1. The van der Waals surface area contributed by atoms with Gasteiger partial charge in [-0.05, 0) is 79.3 Å². The average Bonchev–Trinajstić information content (AvgIpc) is 3.35. The number of carbonyl (C=O) groups is 4. The Morgan fingerprint density at radius 1 is 1.17 bits per heavy atom. The first kappa shape index (κ1) is 28.3. The topological polar surface area (TPSA) is 164 Å². The number of esters is 1. The molecule has 0 radical (unpaired) electrons. The molecule has 1 aliphatic carbocycles. The Hall–Kier alpha value is -3.83. The van der Waals surface area contributed by atoms with Crippen LogP contribution < -0.4 is 16.4 Å². The lowest BCUT2D eigenvalue weighted by atomic mass is 9.78. The lowest BCUT2D eigenvalue weighted by Gasteiger charge is -2.41. The van der Waals surface area contributed by atoms with Crippen molar-refractivity contribution in [3.05, 3.63) is 45.7 Å². The molecule has 4 atom stereocenters. The highest BCUT2D eigenvalue weighted by Gasteiger charge is 2.53. The van der Waals surface area contributed by atoms with Gasteiger partial charge < -0.3 is 31.1 Å². The number of cyclic esters (lactones) is 1. The van der Waals surface area contributed by atoms with Crippen LogP contribution in [-0.4, -0.2) is 63.0 Å². The van der Waals surface area contributed by atoms with Crippen LogP contribution in [0.4, 0.5) is 5.69 Å². The van der Waals surface area contributed by atoms with Gasteiger partial charge >= 0.3 is 5.97 Å². The van der Waals surface area contributed by atoms with Crippen molar-refractivity contribution in [3.8, 4) is 0 Å². The number of nitrogens with zero attached hydrogens (tertiary/aromatic N) is 2. The quantitative estimate of drug-likeness (QED) is 0.380. The highest BCUT2D eigenvalue weighted by Crippen LogP contribution is 2.49. The van der Waals surface area contributed by atoms with E-state index < -0.39 is 23.7 Å². The molecule has 2 aromatic rings. The summed E-state index contributed by atoms with van der Waals surface area (Å²) >= 11 is 0. The van der Waals surface area contributed by atoms with E-state index in [2.05, 4.69) is 10.6 Å². The molecule has 4 heterocycles. The number of aryl methyl sites for hydroxylation is 2. The van der Waals surface area contributed by atoms with Gasteiger partial charge in [0, 0.05) is 17.6 Å². The van der Waals surface area contributed by atoms with Gasteiger partial charge in [0.2, 0.25) is 11.8 Å². The van der Waals surface area contributed by atoms with Gasteiger partial charge in [0.15, 0.2) is 5.60 Å². The van der Waals surface area contributed by atoms with E-state index in [9.17, 15) is 24.3 Å². The zero-order valence-corrected chi connectivity index (χ0v) is 24.4. The van der Waals surface area contributed by atoms with Crippen LogP contribution in [0.2, 0.25) is 0 Å². The summed E-state index contributed by atoms with van der Waals surface area (Å²) in [6.07, 6.45) is 2.89. The number of carbonyl (C=O) groups excluding carboxylic acids is 4. The average molecular weight is 576 g/mol. The summed E-state index contributed by atoms with van der Waals surface area (Å²) in [5, 5.41) is 17.9. The molecule has 222 valence electrons. The Labute approximate surface area is 243 Å². The number of nitrogens with one attached hydrogen (secondary N) is 2. The Morgan fingerprint density at radius 2 is 1.90 bits per heavy atom. The molecular weight excluding hydrogens is 538 g/mol. The molecule has 6 rings (SSSR count). The largest absolute Gasteiger partial charge is 0.458 e. The van der Waals surface area contributed by atoms with Crippen molar-refractivity contribution in [2.45, 2.75) is 90.1 Å². The van der Waals surface area contributed by atoms with Crippen LogP contribution in [0.5, 0.6) is 0 Å². The van der Waals surface area contributed by atoms with E-state index in [4.69, 9.17) is 15.5 Å². The molecule has 0 saturated heterocycles. The number of pyridine rings is 1. The van der Waals surface area contributed by atoms with E-state index in [0.29, 0.717) is 29.8 Å². The van der Waals surface area contributed by atoms with Crippen molar-refractivity contribution >= 4 is 40.3 Å². The van der Waals surface area contributed by atoms with Gasteiger partial charge in [-0.25, -0.2) is 4.79 Å². The van der Waals surface area contributed by atoms with Crippen molar-refractivity contribution in [2.75, 3.05) is 11.9 Å². The van der Waals surface area contributed by atoms with E-state index in [1.807, 2.05) is 26.0 Å². The van der Waals surface area contributed by atoms with Gasteiger partial charge in [0.05, 0.1) is 28.9 Å². The van der Waals surface area contributed by atoms with Crippen molar-refractivity contribution in [1.82, 2.24) is 15.2 Å². The third-order valence-corrected chi connectivity index (χ3v) is 9.39. The van der Waals surface area contributed by atoms with E-state index in [-0.39, 0.29) is 42.7 Å². The lowest BCUT2D eigenvalue weighted by molar-refractivity contribution is -0.165. The number of aliphatic hydroxyl groups is 1. The van der Waals surface area contributed by atoms with Crippen molar-refractivity contribution < 1.29 is 29.0 Å². The zero-order valence-electron chi connectivity index (χ0n) is 24.4. The maximum absolute atomic E-state index is 13.6.